The molecule has 1 heterocycles. The molecule has 1 aromatic heterocycles. The van der Waals surface area contributed by atoms with Crippen molar-refractivity contribution in [3.63, 3.8) is 0 Å². The van der Waals surface area contributed by atoms with E-state index in [2.05, 4.69) is 10.3 Å². The van der Waals surface area contributed by atoms with Gasteiger partial charge in [0, 0.05) is 53.5 Å². The number of carboxylic acid groups (broad SMARTS) is 1. The molecular formula is C25H23ClF5N3O4. The Balaban J connectivity index is 0.000000638. The van der Waals surface area contributed by atoms with Gasteiger partial charge in [-0.3, -0.25) is 9.78 Å². The van der Waals surface area contributed by atoms with Crippen LogP contribution in [0.2, 0.25) is 5.02 Å². The fourth-order valence-electron chi connectivity index (χ4n) is 3.03. The maximum atomic E-state index is 13.7. The third-order valence-electron chi connectivity index (χ3n) is 4.59. The summed E-state index contributed by atoms with van der Waals surface area (Å²) in [4.78, 5) is 27.3. The van der Waals surface area contributed by atoms with Crippen LogP contribution >= 0.6 is 11.6 Å². The van der Waals surface area contributed by atoms with Crippen molar-refractivity contribution in [3.05, 3.63) is 83.1 Å². The summed E-state index contributed by atoms with van der Waals surface area (Å²) >= 11 is 6.19. The first-order valence-corrected chi connectivity index (χ1v) is 11.4. The highest BCUT2D eigenvalue weighted by molar-refractivity contribution is 6.31. The normalized spacial score (nSPS) is 10.7. The summed E-state index contributed by atoms with van der Waals surface area (Å²) in [5, 5.41) is 10.6. The number of ether oxygens (including phenoxy) is 1. The number of rotatable bonds is 9. The highest BCUT2D eigenvalue weighted by atomic mass is 35.5. The maximum absolute atomic E-state index is 13.7. The fraction of sp³-hybridized carbons (Fsp3) is 0.240. The second-order valence-corrected chi connectivity index (χ2v) is 8.01. The van der Waals surface area contributed by atoms with Crippen molar-refractivity contribution in [2.45, 2.75) is 19.5 Å². The molecule has 0 saturated heterocycles. The number of benzene rings is 2. The minimum atomic E-state index is -5.08. The number of nitrogens with zero attached hydrogens (tertiary/aromatic N) is 2. The van der Waals surface area contributed by atoms with Gasteiger partial charge in [0.15, 0.2) is 0 Å². The molecular weight excluding hydrogens is 537 g/mol. The number of amides is 1. The summed E-state index contributed by atoms with van der Waals surface area (Å²) in [6.45, 7) is 3.03. The van der Waals surface area contributed by atoms with E-state index >= 15 is 0 Å². The molecule has 0 bridgehead atoms. The third-order valence-corrected chi connectivity index (χ3v) is 4.81. The van der Waals surface area contributed by atoms with Crippen molar-refractivity contribution in [1.29, 1.82) is 0 Å². The lowest BCUT2D eigenvalue weighted by molar-refractivity contribution is -0.192. The maximum Gasteiger partial charge on any atom is 0.490 e. The summed E-state index contributed by atoms with van der Waals surface area (Å²) in [6.07, 6.45) is -1.11. The van der Waals surface area contributed by atoms with Crippen LogP contribution in [0.5, 0.6) is 5.75 Å². The van der Waals surface area contributed by atoms with E-state index in [1.807, 2.05) is 19.1 Å². The van der Waals surface area contributed by atoms with E-state index in [0.717, 1.165) is 23.9 Å². The van der Waals surface area contributed by atoms with E-state index in [9.17, 15) is 26.7 Å². The molecule has 0 radical (unpaired) electrons. The number of hydrogen-bond donors (Lipinski definition) is 2. The van der Waals surface area contributed by atoms with Crippen molar-refractivity contribution in [3.8, 4) is 5.75 Å². The number of hydrogen-bond acceptors (Lipinski definition) is 5. The molecule has 13 heteroatoms. The van der Waals surface area contributed by atoms with Gasteiger partial charge in [0.1, 0.15) is 24.0 Å². The zero-order chi connectivity index (χ0) is 28.3. The number of carboxylic acids is 1. The van der Waals surface area contributed by atoms with Gasteiger partial charge in [0.05, 0.1) is 0 Å². The van der Waals surface area contributed by atoms with Crippen molar-refractivity contribution in [1.82, 2.24) is 4.98 Å². The van der Waals surface area contributed by atoms with Crippen LogP contribution in [-0.2, 0) is 4.79 Å². The Morgan fingerprint density at radius 3 is 2.21 bits per heavy atom. The average Bonchev–Trinajstić information content (AvgIpc) is 2.84. The van der Waals surface area contributed by atoms with E-state index in [1.165, 1.54) is 11.0 Å². The lowest BCUT2D eigenvalue weighted by Crippen LogP contribution is -2.32. The molecule has 0 aliphatic heterocycles. The molecule has 0 spiro atoms. The van der Waals surface area contributed by atoms with Crippen LogP contribution < -0.4 is 15.0 Å². The zero-order valence-corrected chi connectivity index (χ0v) is 20.7. The van der Waals surface area contributed by atoms with E-state index in [4.69, 9.17) is 26.2 Å². The molecule has 0 fully saturated rings. The quantitative estimate of drug-likeness (QED) is 0.240. The van der Waals surface area contributed by atoms with Gasteiger partial charge < -0.3 is 20.1 Å². The lowest BCUT2D eigenvalue weighted by Gasteiger charge is -2.23. The number of carbonyl (C=O) groups excluding carboxylic acids is 1. The van der Waals surface area contributed by atoms with Crippen LogP contribution in [0.25, 0.3) is 0 Å². The van der Waals surface area contributed by atoms with E-state index in [1.54, 1.807) is 24.5 Å². The molecule has 204 valence electrons. The SMILES string of the molecule is CCCN(C(=O)c1cc(Cl)cc(OCCNc2ccncc2)c1)c1cc(F)cc(F)c1.O=C(O)C(F)(F)F. The Kier molecular flexibility index (Phi) is 11.3. The molecule has 0 atom stereocenters. The van der Waals surface area contributed by atoms with Gasteiger partial charge in [-0.1, -0.05) is 18.5 Å². The predicted octanol–water partition coefficient (Wildman–Crippen LogP) is 6.19. The number of pyridine rings is 1. The summed E-state index contributed by atoms with van der Waals surface area (Å²) in [5.74, 6) is -4.25. The Hall–Kier alpha value is -3.93. The van der Waals surface area contributed by atoms with E-state index < -0.39 is 29.7 Å². The van der Waals surface area contributed by atoms with E-state index in [0.29, 0.717) is 36.9 Å². The van der Waals surface area contributed by atoms with Crippen LogP contribution in [0.4, 0.5) is 33.3 Å². The molecule has 3 rings (SSSR count). The minimum absolute atomic E-state index is 0.147. The van der Waals surface area contributed by atoms with Crippen molar-refractivity contribution in [2.24, 2.45) is 0 Å². The number of halogens is 6. The fourth-order valence-corrected chi connectivity index (χ4v) is 3.25. The Labute approximate surface area is 219 Å². The van der Waals surface area contributed by atoms with Crippen molar-refractivity contribution < 1.29 is 41.4 Å². The molecule has 0 saturated carbocycles. The van der Waals surface area contributed by atoms with Crippen LogP contribution in [0.15, 0.2) is 60.9 Å². The standard InChI is InChI=1S/C23H22ClF2N3O2.C2HF3O2/c1-2-8-29(21-14-18(25)13-19(26)15-21)23(30)16-10-17(24)12-22(11-16)31-9-7-28-20-3-5-27-6-4-20;3-2(4,5)1(6)7/h3-6,10-15H,2,7-9H2,1H3,(H,27,28);(H,6,7). The zero-order valence-electron chi connectivity index (χ0n) is 19.9. The smallest absolute Gasteiger partial charge is 0.490 e. The van der Waals surface area contributed by atoms with Crippen LogP contribution in [0.3, 0.4) is 0 Å². The summed E-state index contributed by atoms with van der Waals surface area (Å²) in [5.41, 5.74) is 1.33. The van der Waals surface area contributed by atoms with E-state index in [-0.39, 0.29) is 11.3 Å². The Morgan fingerprint density at radius 2 is 1.66 bits per heavy atom. The first kappa shape index (κ1) is 30.3. The first-order chi connectivity index (χ1) is 17.9. The molecule has 7 nitrogen and oxygen atoms in total. The van der Waals surface area contributed by atoms with Gasteiger partial charge in [-0.15, -0.1) is 0 Å². The summed E-state index contributed by atoms with van der Waals surface area (Å²) < 4.78 is 64.8. The second kappa shape index (κ2) is 14.1. The van der Waals surface area contributed by atoms with Gasteiger partial charge in [-0.05, 0) is 48.9 Å². The number of aromatic nitrogens is 1. The third kappa shape index (κ3) is 9.85. The first-order valence-electron chi connectivity index (χ1n) is 11.1. The molecule has 0 aliphatic rings. The highest BCUT2D eigenvalue weighted by Crippen LogP contribution is 2.25. The second-order valence-electron chi connectivity index (χ2n) is 7.57. The predicted molar refractivity (Wildman–Crippen MR) is 132 cm³/mol. The lowest BCUT2D eigenvalue weighted by atomic mass is 10.1. The monoisotopic (exact) mass is 559 g/mol. The summed E-state index contributed by atoms with van der Waals surface area (Å²) in [6, 6.07) is 11.4. The molecule has 0 aliphatic carbocycles. The topological polar surface area (TPSA) is 91.8 Å². The van der Waals surface area contributed by atoms with Crippen molar-refractivity contribution in [2.75, 3.05) is 29.9 Å². The average molecular weight is 560 g/mol. The number of alkyl halides is 3. The Bertz CT molecular complexity index is 1210. The van der Waals surface area contributed by atoms with Gasteiger partial charge in [-0.25, -0.2) is 13.6 Å². The van der Waals surface area contributed by atoms with Gasteiger partial charge in [0.25, 0.3) is 5.91 Å². The number of anilines is 2. The minimum Gasteiger partial charge on any atom is -0.492 e. The number of carbonyl (C=O) groups is 2. The largest absolute Gasteiger partial charge is 0.492 e. The summed E-state index contributed by atoms with van der Waals surface area (Å²) in [7, 11) is 0. The molecule has 0 unspecified atom stereocenters. The van der Waals surface area contributed by atoms with Crippen LogP contribution in [0, 0.1) is 11.6 Å². The van der Waals surface area contributed by atoms with Crippen LogP contribution in [0.1, 0.15) is 23.7 Å². The number of aliphatic carboxylic acids is 1. The van der Waals surface area contributed by atoms with Gasteiger partial charge >= 0.3 is 12.1 Å². The molecule has 38 heavy (non-hydrogen) atoms. The molecule has 2 N–H and O–H groups in total. The molecule has 2 aromatic carbocycles. The Morgan fingerprint density at radius 1 is 1.05 bits per heavy atom. The molecule has 3 aromatic rings. The van der Waals surface area contributed by atoms with Crippen molar-refractivity contribution >= 4 is 34.9 Å². The molecule has 1 amide bonds. The van der Waals surface area contributed by atoms with Gasteiger partial charge in [-0.2, -0.15) is 13.2 Å². The van der Waals surface area contributed by atoms with Crippen LogP contribution in [-0.4, -0.2) is 47.8 Å². The van der Waals surface area contributed by atoms with Gasteiger partial charge in [0.2, 0.25) is 0 Å². The number of nitrogens with one attached hydrogen (secondary N) is 1. The highest BCUT2D eigenvalue weighted by Gasteiger charge is 2.38.